The van der Waals surface area contributed by atoms with E-state index < -0.39 is 0 Å². The molecular formula is C19H30N3O2+. The second kappa shape index (κ2) is 8.83. The van der Waals surface area contributed by atoms with Crippen molar-refractivity contribution in [1.82, 2.24) is 4.90 Å². The fourth-order valence-corrected chi connectivity index (χ4v) is 3.20. The Morgan fingerprint density at radius 1 is 1.21 bits per heavy atom. The molecule has 0 unspecified atom stereocenters. The molecular weight excluding hydrogens is 302 g/mol. The number of quaternary nitrogens is 1. The predicted octanol–water partition coefficient (Wildman–Crippen LogP) is 1.42. The fourth-order valence-electron chi connectivity index (χ4n) is 3.20. The van der Waals surface area contributed by atoms with Crippen LogP contribution in [-0.2, 0) is 4.79 Å². The average Bonchev–Trinajstić information content (AvgIpc) is 2.58. The maximum atomic E-state index is 12.4. The third kappa shape index (κ3) is 5.06. The number of hydrogen-bond donors (Lipinski definition) is 2. The lowest BCUT2D eigenvalue weighted by Crippen LogP contribution is -3.14. The molecule has 0 atom stereocenters. The van der Waals surface area contributed by atoms with Gasteiger partial charge in [-0.15, -0.1) is 0 Å². The van der Waals surface area contributed by atoms with Crippen LogP contribution in [0.2, 0.25) is 0 Å². The van der Waals surface area contributed by atoms with Crippen molar-refractivity contribution in [2.75, 3.05) is 38.0 Å². The quantitative estimate of drug-likeness (QED) is 0.828. The van der Waals surface area contributed by atoms with E-state index in [1.165, 1.54) is 17.7 Å². The summed E-state index contributed by atoms with van der Waals surface area (Å²) >= 11 is 0. The molecule has 0 radical (unpaired) electrons. The SMILES string of the molecule is CCN(CC)C(=O)c1cccc(NC(=O)C[NH+]2CCC(C)CC2)c1. The van der Waals surface area contributed by atoms with Gasteiger partial charge in [0.1, 0.15) is 0 Å². The van der Waals surface area contributed by atoms with Crippen LogP contribution in [0.25, 0.3) is 0 Å². The fraction of sp³-hybridized carbons (Fsp3) is 0.579. The summed E-state index contributed by atoms with van der Waals surface area (Å²) in [5, 5.41) is 2.94. The molecule has 5 heteroatoms. The molecule has 0 spiro atoms. The first-order valence-corrected chi connectivity index (χ1v) is 9.06. The van der Waals surface area contributed by atoms with Gasteiger partial charge in [0.2, 0.25) is 0 Å². The summed E-state index contributed by atoms with van der Waals surface area (Å²) in [6.07, 6.45) is 2.38. The third-order valence-electron chi connectivity index (χ3n) is 4.84. The van der Waals surface area contributed by atoms with Crippen molar-refractivity contribution in [2.24, 2.45) is 5.92 Å². The molecule has 0 bridgehead atoms. The van der Waals surface area contributed by atoms with Gasteiger partial charge in [-0.1, -0.05) is 13.0 Å². The van der Waals surface area contributed by atoms with Crippen molar-refractivity contribution >= 4 is 17.5 Å². The molecule has 1 aromatic rings. The summed E-state index contributed by atoms with van der Waals surface area (Å²) in [7, 11) is 0. The molecule has 2 rings (SSSR count). The Labute approximate surface area is 145 Å². The van der Waals surface area contributed by atoms with Gasteiger partial charge >= 0.3 is 0 Å². The maximum Gasteiger partial charge on any atom is 0.279 e. The zero-order chi connectivity index (χ0) is 17.5. The minimum atomic E-state index is 0.00624. The van der Waals surface area contributed by atoms with E-state index >= 15 is 0 Å². The number of anilines is 1. The van der Waals surface area contributed by atoms with Gasteiger partial charge in [0, 0.05) is 24.3 Å². The molecule has 1 heterocycles. The smallest absolute Gasteiger partial charge is 0.279 e. The Morgan fingerprint density at radius 2 is 1.88 bits per heavy atom. The second-order valence-electron chi connectivity index (χ2n) is 6.72. The Bertz CT molecular complexity index is 561. The van der Waals surface area contributed by atoms with Gasteiger partial charge in [0.25, 0.3) is 11.8 Å². The van der Waals surface area contributed by atoms with Gasteiger partial charge in [-0.25, -0.2) is 0 Å². The van der Waals surface area contributed by atoms with E-state index in [0.29, 0.717) is 30.9 Å². The first kappa shape index (κ1) is 18.5. The monoisotopic (exact) mass is 332 g/mol. The molecule has 1 saturated heterocycles. The molecule has 2 amide bonds. The molecule has 1 aromatic carbocycles. The molecule has 0 aliphatic carbocycles. The van der Waals surface area contributed by atoms with E-state index in [4.69, 9.17) is 0 Å². The highest BCUT2D eigenvalue weighted by Gasteiger charge is 2.21. The summed E-state index contributed by atoms with van der Waals surface area (Å²) in [6, 6.07) is 7.23. The highest BCUT2D eigenvalue weighted by atomic mass is 16.2. The normalized spacial score (nSPS) is 20.5. The minimum Gasteiger partial charge on any atom is -0.339 e. The van der Waals surface area contributed by atoms with E-state index in [1.54, 1.807) is 17.0 Å². The van der Waals surface area contributed by atoms with Gasteiger partial charge in [0.05, 0.1) is 13.1 Å². The van der Waals surface area contributed by atoms with Crippen LogP contribution in [-0.4, -0.2) is 49.4 Å². The van der Waals surface area contributed by atoms with Crippen LogP contribution in [0.1, 0.15) is 44.0 Å². The topological polar surface area (TPSA) is 53.9 Å². The van der Waals surface area contributed by atoms with Crippen LogP contribution in [0.15, 0.2) is 24.3 Å². The van der Waals surface area contributed by atoms with Crippen molar-refractivity contribution in [3.63, 3.8) is 0 Å². The van der Waals surface area contributed by atoms with E-state index in [2.05, 4.69) is 12.2 Å². The van der Waals surface area contributed by atoms with Crippen molar-refractivity contribution in [3.05, 3.63) is 29.8 Å². The lowest BCUT2D eigenvalue weighted by Gasteiger charge is -2.26. The Kier molecular flexibility index (Phi) is 6.79. The highest BCUT2D eigenvalue weighted by molar-refractivity contribution is 5.97. The summed E-state index contributed by atoms with van der Waals surface area (Å²) < 4.78 is 0. The summed E-state index contributed by atoms with van der Waals surface area (Å²) in [6.45, 7) is 10.2. The standard InChI is InChI=1S/C19H29N3O2/c1-4-22(5-2)19(24)16-7-6-8-17(13-16)20-18(23)14-21-11-9-15(3)10-12-21/h6-8,13,15H,4-5,9-12,14H2,1-3H3,(H,20,23)/p+1. The highest BCUT2D eigenvalue weighted by Crippen LogP contribution is 2.13. The first-order chi connectivity index (χ1) is 11.5. The molecule has 1 aliphatic rings. The number of amides is 2. The lowest BCUT2D eigenvalue weighted by atomic mass is 9.99. The maximum absolute atomic E-state index is 12.4. The van der Waals surface area contributed by atoms with Crippen LogP contribution in [0.3, 0.4) is 0 Å². The van der Waals surface area contributed by atoms with Crippen LogP contribution in [0.4, 0.5) is 5.69 Å². The molecule has 0 aromatic heterocycles. The van der Waals surface area contributed by atoms with Crippen molar-refractivity contribution < 1.29 is 14.5 Å². The molecule has 24 heavy (non-hydrogen) atoms. The van der Waals surface area contributed by atoms with E-state index in [1.807, 2.05) is 26.0 Å². The minimum absolute atomic E-state index is 0.00624. The van der Waals surface area contributed by atoms with Crippen molar-refractivity contribution in [2.45, 2.75) is 33.6 Å². The molecule has 1 fully saturated rings. The molecule has 5 nitrogen and oxygen atoms in total. The van der Waals surface area contributed by atoms with E-state index in [-0.39, 0.29) is 11.8 Å². The van der Waals surface area contributed by atoms with Gasteiger partial charge in [-0.2, -0.15) is 0 Å². The number of piperidine rings is 1. The van der Waals surface area contributed by atoms with Crippen LogP contribution in [0, 0.1) is 5.92 Å². The number of nitrogens with zero attached hydrogens (tertiary/aromatic N) is 1. The van der Waals surface area contributed by atoms with Crippen LogP contribution >= 0.6 is 0 Å². The number of rotatable bonds is 6. The number of carbonyl (C=O) groups excluding carboxylic acids is 2. The number of hydrogen-bond acceptors (Lipinski definition) is 2. The molecule has 132 valence electrons. The summed E-state index contributed by atoms with van der Waals surface area (Å²) in [4.78, 5) is 27.8. The second-order valence-corrected chi connectivity index (χ2v) is 6.72. The van der Waals surface area contributed by atoms with Crippen molar-refractivity contribution in [3.8, 4) is 0 Å². The Balaban J connectivity index is 1.94. The van der Waals surface area contributed by atoms with Gasteiger partial charge < -0.3 is 15.1 Å². The van der Waals surface area contributed by atoms with E-state index in [0.717, 1.165) is 19.0 Å². The average molecular weight is 332 g/mol. The Hall–Kier alpha value is -1.88. The van der Waals surface area contributed by atoms with Gasteiger partial charge in [0.15, 0.2) is 6.54 Å². The third-order valence-corrected chi connectivity index (χ3v) is 4.84. The summed E-state index contributed by atoms with van der Waals surface area (Å²) in [5.41, 5.74) is 1.32. The Morgan fingerprint density at radius 3 is 2.50 bits per heavy atom. The lowest BCUT2D eigenvalue weighted by molar-refractivity contribution is -0.897. The van der Waals surface area contributed by atoms with Crippen LogP contribution < -0.4 is 10.2 Å². The molecule has 1 aliphatic heterocycles. The predicted molar refractivity (Wildman–Crippen MR) is 96.3 cm³/mol. The first-order valence-electron chi connectivity index (χ1n) is 9.06. The largest absolute Gasteiger partial charge is 0.339 e. The van der Waals surface area contributed by atoms with Gasteiger partial charge in [-0.3, -0.25) is 9.59 Å². The molecule has 0 saturated carbocycles. The number of carbonyl (C=O) groups is 2. The zero-order valence-electron chi connectivity index (χ0n) is 15.1. The van der Waals surface area contributed by atoms with E-state index in [9.17, 15) is 9.59 Å². The molecule has 2 N–H and O–H groups in total. The number of nitrogens with one attached hydrogen (secondary N) is 2. The van der Waals surface area contributed by atoms with Gasteiger partial charge in [-0.05, 0) is 50.8 Å². The summed E-state index contributed by atoms with van der Waals surface area (Å²) in [5.74, 6) is 0.804. The van der Waals surface area contributed by atoms with Crippen LogP contribution in [0.5, 0.6) is 0 Å². The zero-order valence-corrected chi connectivity index (χ0v) is 15.1. The van der Waals surface area contributed by atoms with Crippen molar-refractivity contribution in [1.29, 1.82) is 0 Å². The number of likely N-dealkylation sites (tertiary alicyclic amines) is 1. The number of benzene rings is 1.